The lowest BCUT2D eigenvalue weighted by molar-refractivity contribution is -0.857. The lowest BCUT2D eigenvalue weighted by atomic mass is 9.95. The normalized spacial score (nSPS) is 18.0. The zero-order chi connectivity index (χ0) is 22.7. The minimum Gasteiger partial charge on any atom is -0.507 e. The van der Waals surface area contributed by atoms with Crippen LogP contribution in [-0.2, 0) is 9.59 Å². The molecule has 1 heterocycles. The fourth-order valence-electron chi connectivity index (χ4n) is 3.59. The minimum absolute atomic E-state index is 0.0355. The molecule has 0 saturated carbocycles. The van der Waals surface area contributed by atoms with Crippen molar-refractivity contribution in [1.29, 1.82) is 0 Å². The molecule has 2 aromatic rings. The van der Waals surface area contributed by atoms with Gasteiger partial charge < -0.3 is 24.4 Å². The third-order valence-corrected chi connectivity index (χ3v) is 5.49. The molecule has 31 heavy (non-hydrogen) atoms. The van der Waals surface area contributed by atoms with Gasteiger partial charge in [-0.2, -0.15) is 0 Å². The molecule has 2 aromatic carbocycles. The molecule has 7 nitrogen and oxygen atoms in total. The number of hydrogen-bond acceptors (Lipinski definition) is 5. The highest BCUT2D eigenvalue weighted by Gasteiger charge is 2.46. The highest BCUT2D eigenvalue weighted by molar-refractivity contribution is 6.46. The van der Waals surface area contributed by atoms with Crippen LogP contribution in [-0.4, -0.2) is 63.1 Å². The molecule has 0 aliphatic carbocycles. The Balaban J connectivity index is 2.18. The van der Waals surface area contributed by atoms with E-state index in [0.29, 0.717) is 40.7 Å². The topological polar surface area (TPSA) is 80.5 Å². The van der Waals surface area contributed by atoms with Gasteiger partial charge in [-0.15, -0.1) is 0 Å². The molecule has 8 heteroatoms. The fraction of sp³-hybridized carbons (Fsp3) is 0.304. The van der Waals surface area contributed by atoms with E-state index in [1.54, 1.807) is 42.5 Å². The van der Waals surface area contributed by atoms with E-state index in [1.807, 2.05) is 14.1 Å². The van der Waals surface area contributed by atoms with Crippen molar-refractivity contribution in [2.75, 3.05) is 41.4 Å². The van der Waals surface area contributed by atoms with Crippen LogP contribution in [0.2, 0.25) is 5.02 Å². The number of nitrogens with one attached hydrogen (secondary N) is 1. The molecule has 0 spiro atoms. The summed E-state index contributed by atoms with van der Waals surface area (Å²) in [5.41, 5.74) is 1.08. The number of aliphatic hydroxyl groups excluding tert-OH is 1. The summed E-state index contributed by atoms with van der Waals surface area (Å²) < 4.78 is 10.7. The Labute approximate surface area is 186 Å². The van der Waals surface area contributed by atoms with Gasteiger partial charge in [-0.05, 0) is 42.0 Å². The van der Waals surface area contributed by atoms with Crippen LogP contribution >= 0.6 is 11.6 Å². The van der Waals surface area contributed by atoms with Gasteiger partial charge in [-0.25, -0.2) is 0 Å². The van der Waals surface area contributed by atoms with E-state index in [2.05, 4.69) is 0 Å². The van der Waals surface area contributed by atoms with Crippen LogP contribution in [0.25, 0.3) is 5.76 Å². The van der Waals surface area contributed by atoms with Gasteiger partial charge >= 0.3 is 0 Å². The number of benzene rings is 2. The number of carbonyl (C=O) groups excluding carboxylic acids is 2. The number of nitrogens with zero attached hydrogens (tertiary/aromatic N) is 1. The van der Waals surface area contributed by atoms with Crippen molar-refractivity contribution in [2.45, 2.75) is 6.04 Å². The van der Waals surface area contributed by atoms with Crippen molar-refractivity contribution in [3.8, 4) is 11.5 Å². The van der Waals surface area contributed by atoms with Crippen molar-refractivity contribution in [1.82, 2.24) is 4.90 Å². The van der Waals surface area contributed by atoms with Crippen LogP contribution in [0.5, 0.6) is 11.5 Å². The first-order valence-corrected chi connectivity index (χ1v) is 10.2. The predicted octanol–water partition coefficient (Wildman–Crippen LogP) is 1.92. The number of quaternary nitrogens is 1. The number of methoxy groups -OCH3 is 2. The molecule has 1 fully saturated rings. The average molecular weight is 446 g/mol. The van der Waals surface area contributed by atoms with Crippen molar-refractivity contribution < 1.29 is 29.1 Å². The maximum absolute atomic E-state index is 13.0. The maximum atomic E-state index is 13.0. The zero-order valence-electron chi connectivity index (χ0n) is 17.9. The molecule has 1 aliphatic rings. The van der Waals surface area contributed by atoms with Gasteiger partial charge in [0, 0.05) is 10.6 Å². The monoisotopic (exact) mass is 445 g/mol. The highest BCUT2D eigenvalue weighted by Crippen LogP contribution is 2.41. The molecule has 0 aromatic heterocycles. The lowest BCUT2D eigenvalue weighted by Gasteiger charge is -2.26. The Bertz CT molecular complexity index is 1020. The average Bonchev–Trinajstić information content (AvgIpc) is 3.01. The molecule has 1 atom stereocenters. The molecule has 164 valence electrons. The summed E-state index contributed by atoms with van der Waals surface area (Å²) in [4.78, 5) is 28.6. The van der Waals surface area contributed by atoms with Crippen molar-refractivity contribution in [2.24, 2.45) is 0 Å². The molecular weight excluding hydrogens is 420 g/mol. The molecule has 0 unspecified atom stereocenters. The fourth-order valence-corrected chi connectivity index (χ4v) is 3.71. The number of Topliss-reactive ketones (excluding diaryl/α,β-unsaturated/α-hetero) is 1. The van der Waals surface area contributed by atoms with E-state index in [0.717, 1.165) is 4.90 Å². The quantitative estimate of drug-likeness (QED) is 0.386. The number of ketones is 1. The summed E-state index contributed by atoms with van der Waals surface area (Å²) in [5, 5.41) is 11.5. The van der Waals surface area contributed by atoms with Gasteiger partial charge in [0.25, 0.3) is 11.7 Å². The van der Waals surface area contributed by atoms with Gasteiger partial charge in [0.15, 0.2) is 11.5 Å². The second kappa shape index (κ2) is 9.41. The SMILES string of the molecule is COc1ccc([C@H]2C(=C(O)c3ccc(Cl)cc3)C(=O)C(=O)N2CC[NH+](C)C)cc1OC. The number of amides is 1. The second-order valence-electron chi connectivity index (χ2n) is 7.57. The summed E-state index contributed by atoms with van der Waals surface area (Å²) in [6, 6.07) is 10.9. The summed E-state index contributed by atoms with van der Waals surface area (Å²) in [6.45, 7) is 0.987. The lowest BCUT2D eigenvalue weighted by Crippen LogP contribution is -3.06. The second-order valence-corrected chi connectivity index (χ2v) is 8.01. The Morgan fingerprint density at radius 1 is 1.06 bits per heavy atom. The number of ether oxygens (including phenoxy) is 2. The first-order valence-electron chi connectivity index (χ1n) is 9.83. The first kappa shape index (κ1) is 22.7. The maximum Gasteiger partial charge on any atom is 0.295 e. The standard InChI is InChI=1S/C23H25ClN2O5/c1-25(2)11-12-26-20(15-7-10-17(30-3)18(13-15)31-4)19(22(28)23(26)29)21(27)14-5-8-16(24)9-6-14/h5-10,13,20,27H,11-12H2,1-4H3/p+1/t20-/m0/s1. The molecule has 2 N–H and O–H groups in total. The van der Waals surface area contributed by atoms with Crippen LogP contribution in [0, 0.1) is 0 Å². The van der Waals surface area contributed by atoms with Crippen molar-refractivity contribution >= 4 is 29.1 Å². The number of hydrogen-bond donors (Lipinski definition) is 2. The van der Waals surface area contributed by atoms with Crippen LogP contribution < -0.4 is 14.4 Å². The predicted molar refractivity (Wildman–Crippen MR) is 118 cm³/mol. The van der Waals surface area contributed by atoms with E-state index < -0.39 is 17.7 Å². The zero-order valence-corrected chi connectivity index (χ0v) is 18.7. The van der Waals surface area contributed by atoms with Crippen molar-refractivity contribution in [3.05, 3.63) is 64.2 Å². The Morgan fingerprint density at radius 3 is 2.29 bits per heavy atom. The van der Waals surface area contributed by atoms with Crippen LogP contribution in [0.15, 0.2) is 48.0 Å². The molecule has 1 amide bonds. The molecule has 1 saturated heterocycles. The van der Waals surface area contributed by atoms with Crippen LogP contribution in [0.1, 0.15) is 17.2 Å². The van der Waals surface area contributed by atoms with Gasteiger partial charge in [0.1, 0.15) is 5.76 Å². The third kappa shape index (κ3) is 4.52. The molecular formula is C23H26ClN2O5+. The number of likely N-dealkylation sites (N-methyl/N-ethyl adjacent to an activating group) is 1. The summed E-state index contributed by atoms with van der Waals surface area (Å²) in [6.07, 6.45) is 0. The summed E-state index contributed by atoms with van der Waals surface area (Å²) in [7, 11) is 6.98. The van der Waals surface area contributed by atoms with Gasteiger partial charge in [-0.3, -0.25) is 9.59 Å². The number of carbonyl (C=O) groups is 2. The highest BCUT2D eigenvalue weighted by atomic mass is 35.5. The van der Waals surface area contributed by atoms with E-state index in [-0.39, 0.29) is 11.3 Å². The molecule has 1 aliphatic heterocycles. The van der Waals surface area contributed by atoms with Gasteiger partial charge in [0.2, 0.25) is 0 Å². The molecule has 3 rings (SSSR count). The number of likely N-dealkylation sites (tertiary alicyclic amines) is 1. The van der Waals surface area contributed by atoms with Gasteiger partial charge in [-0.1, -0.05) is 17.7 Å². The van der Waals surface area contributed by atoms with E-state index >= 15 is 0 Å². The van der Waals surface area contributed by atoms with E-state index in [4.69, 9.17) is 21.1 Å². The molecule has 0 bridgehead atoms. The summed E-state index contributed by atoms with van der Waals surface area (Å²) >= 11 is 5.95. The van der Waals surface area contributed by atoms with E-state index in [1.165, 1.54) is 19.1 Å². The number of rotatable bonds is 7. The smallest absolute Gasteiger partial charge is 0.295 e. The Kier molecular flexibility index (Phi) is 6.87. The largest absolute Gasteiger partial charge is 0.507 e. The van der Waals surface area contributed by atoms with E-state index in [9.17, 15) is 14.7 Å². The third-order valence-electron chi connectivity index (χ3n) is 5.23. The molecule has 0 radical (unpaired) electrons. The van der Waals surface area contributed by atoms with Crippen LogP contribution in [0.3, 0.4) is 0 Å². The first-order chi connectivity index (χ1) is 14.8. The van der Waals surface area contributed by atoms with Gasteiger partial charge in [0.05, 0.1) is 53.0 Å². The Morgan fingerprint density at radius 2 is 1.71 bits per heavy atom. The number of aliphatic hydroxyl groups is 1. The summed E-state index contributed by atoms with van der Waals surface area (Å²) in [5.74, 6) is -0.610. The van der Waals surface area contributed by atoms with Crippen LogP contribution in [0.4, 0.5) is 0 Å². The Hall–Kier alpha value is -3.03. The van der Waals surface area contributed by atoms with Crippen molar-refractivity contribution in [3.63, 3.8) is 0 Å². The number of halogens is 1. The minimum atomic E-state index is -0.755.